The van der Waals surface area contributed by atoms with Gasteiger partial charge in [0.25, 0.3) is 0 Å². The monoisotopic (exact) mass is 179 g/mol. The molecule has 0 heterocycles. The molecular formula is C9H9NO3. The minimum absolute atomic E-state index is 0.376. The summed E-state index contributed by atoms with van der Waals surface area (Å²) in [5.74, 6) is -1.09. The van der Waals surface area contributed by atoms with E-state index in [1.807, 2.05) is 0 Å². The second-order valence-electron chi connectivity index (χ2n) is 2.15. The SMILES string of the molecule is C=CC(=O)C(C)OC(=O)C=CC#N. The Kier molecular flexibility index (Phi) is 4.89. The molecule has 0 fully saturated rings. The lowest BCUT2D eigenvalue weighted by Gasteiger charge is -2.06. The summed E-state index contributed by atoms with van der Waals surface area (Å²) in [6.07, 6.45) is 2.15. The lowest BCUT2D eigenvalue weighted by atomic mass is 10.2. The Morgan fingerprint density at radius 2 is 2.23 bits per heavy atom. The van der Waals surface area contributed by atoms with Crippen molar-refractivity contribution in [2.45, 2.75) is 13.0 Å². The van der Waals surface area contributed by atoms with Gasteiger partial charge in [0, 0.05) is 12.2 Å². The lowest BCUT2D eigenvalue weighted by Crippen LogP contribution is -2.21. The van der Waals surface area contributed by atoms with Crippen molar-refractivity contribution >= 4 is 11.8 Å². The molecule has 0 aliphatic carbocycles. The molecule has 0 spiro atoms. The molecule has 0 saturated carbocycles. The number of ether oxygens (including phenoxy) is 1. The van der Waals surface area contributed by atoms with Crippen LogP contribution in [0.5, 0.6) is 0 Å². The van der Waals surface area contributed by atoms with Gasteiger partial charge in [0.15, 0.2) is 11.9 Å². The van der Waals surface area contributed by atoms with E-state index in [9.17, 15) is 9.59 Å². The Morgan fingerprint density at radius 1 is 1.62 bits per heavy atom. The first kappa shape index (κ1) is 11.1. The standard InChI is InChI=1S/C9H9NO3/c1-3-8(11)7(2)13-9(12)5-4-6-10/h3-5,7H,1H2,2H3. The number of hydrogen-bond acceptors (Lipinski definition) is 4. The highest BCUT2D eigenvalue weighted by atomic mass is 16.5. The molecule has 4 heteroatoms. The molecule has 4 nitrogen and oxygen atoms in total. The van der Waals surface area contributed by atoms with Crippen LogP contribution in [0.1, 0.15) is 6.92 Å². The summed E-state index contributed by atoms with van der Waals surface area (Å²) >= 11 is 0. The summed E-state index contributed by atoms with van der Waals surface area (Å²) < 4.78 is 4.61. The van der Waals surface area contributed by atoms with Crippen molar-refractivity contribution < 1.29 is 14.3 Å². The maximum Gasteiger partial charge on any atom is 0.332 e. The van der Waals surface area contributed by atoms with Crippen LogP contribution in [-0.4, -0.2) is 17.9 Å². The maximum atomic E-state index is 10.8. The van der Waals surface area contributed by atoms with Gasteiger partial charge in [-0.3, -0.25) is 4.79 Å². The summed E-state index contributed by atoms with van der Waals surface area (Å²) in [7, 11) is 0. The molecule has 68 valence electrons. The highest BCUT2D eigenvalue weighted by Crippen LogP contribution is 1.95. The van der Waals surface area contributed by atoms with Crippen LogP contribution in [0.15, 0.2) is 24.8 Å². The number of allylic oxidation sites excluding steroid dienone is 1. The van der Waals surface area contributed by atoms with E-state index in [0.29, 0.717) is 0 Å². The molecule has 0 aromatic carbocycles. The van der Waals surface area contributed by atoms with Crippen molar-refractivity contribution in [2.24, 2.45) is 0 Å². The zero-order valence-corrected chi connectivity index (χ0v) is 7.19. The van der Waals surface area contributed by atoms with Gasteiger partial charge < -0.3 is 4.74 Å². The van der Waals surface area contributed by atoms with E-state index in [2.05, 4.69) is 11.3 Å². The molecule has 13 heavy (non-hydrogen) atoms. The van der Waals surface area contributed by atoms with Crippen molar-refractivity contribution in [1.82, 2.24) is 0 Å². The number of rotatable bonds is 4. The number of nitriles is 1. The molecule has 0 amide bonds. The van der Waals surface area contributed by atoms with E-state index in [0.717, 1.165) is 18.2 Å². The number of nitrogens with zero attached hydrogens (tertiary/aromatic N) is 1. The Balaban J connectivity index is 4.07. The average molecular weight is 179 g/mol. The highest BCUT2D eigenvalue weighted by molar-refractivity contribution is 5.95. The quantitative estimate of drug-likeness (QED) is 0.363. The summed E-state index contributed by atoms with van der Waals surface area (Å²) in [4.78, 5) is 21.6. The summed E-state index contributed by atoms with van der Waals surface area (Å²) in [6.45, 7) is 4.67. The molecule has 0 N–H and O–H groups in total. The zero-order valence-electron chi connectivity index (χ0n) is 7.19. The Morgan fingerprint density at radius 3 is 2.69 bits per heavy atom. The fourth-order valence-electron chi connectivity index (χ4n) is 0.543. The molecule has 0 radical (unpaired) electrons. The first-order valence-corrected chi connectivity index (χ1v) is 3.55. The molecule has 0 bridgehead atoms. The first-order valence-electron chi connectivity index (χ1n) is 3.55. The smallest absolute Gasteiger partial charge is 0.332 e. The zero-order chi connectivity index (χ0) is 10.3. The topological polar surface area (TPSA) is 67.2 Å². The molecular weight excluding hydrogens is 170 g/mol. The van der Waals surface area contributed by atoms with Gasteiger partial charge in [-0.25, -0.2) is 4.79 Å². The number of carbonyl (C=O) groups is 2. The second kappa shape index (κ2) is 5.72. The fourth-order valence-corrected chi connectivity index (χ4v) is 0.543. The van der Waals surface area contributed by atoms with Gasteiger partial charge in [-0.15, -0.1) is 0 Å². The molecule has 0 aliphatic heterocycles. The summed E-state index contributed by atoms with van der Waals surface area (Å²) in [6, 6.07) is 1.63. The largest absolute Gasteiger partial charge is 0.451 e. The molecule has 0 saturated heterocycles. The third kappa shape index (κ3) is 4.53. The molecule has 0 aromatic heterocycles. The normalized spacial score (nSPS) is 11.7. The Bertz CT molecular complexity index is 286. The number of hydrogen-bond donors (Lipinski definition) is 0. The van der Waals surface area contributed by atoms with Crippen LogP contribution in [0.2, 0.25) is 0 Å². The summed E-state index contributed by atoms with van der Waals surface area (Å²) in [5.41, 5.74) is 0. The van der Waals surface area contributed by atoms with E-state index in [4.69, 9.17) is 5.26 Å². The van der Waals surface area contributed by atoms with E-state index in [1.165, 1.54) is 6.92 Å². The third-order valence-corrected chi connectivity index (χ3v) is 1.19. The van der Waals surface area contributed by atoms with Gasteiger partial charge in [-0.1, -0.05) is 6.58 Å². The van der Waals surface area contributed by atoms with Crippen molar-refractivity contribution in [3.05, 3.63) is 24.8 Å². The van der Waals surface area contributed by atoms with Crippen LogP contribution in [-0.2, 0) is 14.3 Å². The van der Waals surface area contributed by atoms with Crippen LogP contribution in [0.3, 0.4) is 0 Å². The third-order valence-electron chi connectivity index (χ3n) is 1.19. The summed E-state index contributed by atoms with van der Waals surface area (Å²) in [5, 5.41) is 8.08. The van der Waals surface area contributed by atoms with Gasteiger partial charge in [0.05, 0.1) is 6.07 Å². The lowest BCUT2D eigenvalue weighted by molar-refractivity contribution is -0.147. The fraction of sp³-hybridized carbons (Fsp3) is 0.222. The Labute approximate surface area is 76.1 Å². The predicted molar refractivity (Wildman–Crippen MR) is 45.5 cm³/mol. The van der Waals surface area contributed by atoms with Crippen molar-refractivity contribution in [3.63, 3.8) is 0 Å². The van der Waals surface area contributed by atoms with E-state index in [1.54, 1.807) is 6.07 Å². The van der Waals surface area contributed by atoms with Crippen LogP contribution in [0, 0.1) is 11.3 Å². The first-order chi connectivity index (χ1) is 6.11. The molecule has 1 atom stereocenters. The van der Waals surface area contributed by atoms with Crippen molar-refractivity contribution in [2.75, 3.05) is 0 Å². The van der Waals surface area contributed by atoms with Gasteiger partial charge in [-0.05, 0) is 13.0 Å². The van der Waals surface area contributed by atoms with Crippen molar-refractivity contribution in [3.8, 4) is 6.07 Å². The van der Waals surface area contributed by atoms with Crippen LogP contribution in [0.25, 0.3) is 0 Å². The average Bonchev–Trinajstić information content (AvgIpc) is 2.13. The Hall–Kier alpha value is -1.89. The highest BCUT2D eigenvalue weighted by Gasteiger charge is 2.12. The maximum absolute atomic E-state index is 10.8. The van der Waals surface area contributed by atoms with Crippen LogP contribution >= 0.6 is 0 Å². The molecule has 0 aliphatic rings. The van der Waals surface area contributed by atoms with E-state index in [-0.39, 0.29) is 5.78 Å². The number of carbonyl (C=O) groups excluding carboxylic acids is 2. The van der Waals surface area contributed by atoms with Gasteiger partial charge >= 0.3 is 5.97 Å². The number of esters is 1. The van der Waals surface area contributed by atoms with Crippen molar-refractivity contribution in [1.29, 1.82) is 5.26 Å². The minimum Gasteiger partial charge on any atom is -0.451 e. The van der Waals surface area contributed by atoms with Crippen LogP contribution in [0.4, 0.5) is 0 Å². The van der Waals surface area contributed by atoms with Crippen LogP contribution < -0.4 is 0 Å². The molecule has 0 rings (SSSR count). The predicted octanol–water partition coefficient (Wildman–Crippen LogP) is 0.753. The van der Waals surface area contributed by atoms with Gasteiger partial charge in [-0.2, -0.15) is 5.26 Å². The van der Waals surface area contributed by atoms with Gasteiger partial charge in [0.2, 0.25) is 0 Å². The molecule has 1 unspecified atom stereocenters. The van der Waals surface area contributed by atoms with E-state index >= 15 is 0 Å². The minimum atomic E-state index is -0.853. The number of ketones is 1. The van der Waals surface area contributed by atoms with E-state index < -0.39 is 12.1 Å². The molecule has 0 aromatic rings. The van der Waals surface area contributed by atoms with Gasteiger partial charge in [0.1, 0.15) is 0 Å². The second-order valence-corrected chi connectivity index (χ2v) is 2.15.